The Morgan fingerprint density at radius 3 is 2.16 bits per heavy atom. The van der Waals surface area contributed by atoms with Gasteiger partial charge < -0.3 is 15.1 Å². The molecule has 0 aromatic heterocycles. The van der Waals surface area contributed by atoms with Gasteiger partial charge in [0.25, 0.3) is 5.91 Å². The lowest BCUT2D eigenvalue weighted by molar-refractivity contribution is 0.0690. The predicted octanol–water partition coefficient (Wildman–Crippen LogP) is 5.36. The molecule has 0 aliphatic carbocycles. The molecule has 2 N–H and O–H groups in total. The van der Waals surface area contributed by atoms with E-state index < -0.39 is 0 Å². The molecule has 0 saturated carbocycles. The molecule has 0 spiro atoms. The van der Waals surface area contributed by atoms with E-state index in [-0.39, 0.29) is 17.4 Å². The van der Waals surface area contributed by atoms with Gasteiger partial charge in [-0.2, -0.15) is 0 Å². The second-order valence-corrected chi connectivity index (χ2v) is 8.13. The summed E-state index contributed by atoms with van der Waals surface area (Å²) in [7, 11) is 0. The Balaban J connectivity index is 1.32. The summed E-state index contributed by atoms with van der Waals surface area (Å²) in [6.07, 6.45) is 6.94. The first-order valence-corrected chi connectivity index (χ1v) is 10.7. The molecule has 3 aromatic rings. The zero-order valence-corrected chi connectivity index (χ0v) is 17.4. The number of amides is 1. The first-order valence-electron chi connectivity index (χ1n) is 10.7. The lowest BCUT2D eigenvalue weighted by Crippen LogP contribution is -2.38. The van der Waals surface area contributed by atoms with E-state index >= 15 is 0 Å². The van der Waals surface area contributed by atoms with Crippen molar-refractivity contribution >= 4 is 18.1 Å². The number of carbonyl (C=O) groups is 1. The Kier molecular flexibility index (Phi) is 6.37. The van der Waals surface area contributed by atoms with E-state index in [1.807, 2.05) is 47.4 Å². The summed E-state index contributed by atoms with van der Waals surface area (Å²) in [6, 6.07) is 22.8. The smallest absolute Gasteiger partial charge is 0.253 e. The Labute approximate surface area is 183 Å². The molecule has 0 bridgehead atoms. The molecule has 1 aliphatic rings. The number of phenols is 2. The molecule has 0 atom stereocenters. The highest BCUT2D eigenvalue weighted by Gasteiger charge is 2.23. The standard InChI is InChI=1S/C27H27NO3/c29-25-13-10-22(19-26(25)30)7-6-20-8-11-24(12-9-20)27(31)28-16-14-23(15-17-28)18-21-4-2-1-3-5-21/h1-13,19,23,29-30H,14-18H2/b7-6+. The Morgan fingerprint density at radius 1 is 0.839 bits per heavy atom. The number of hydrogen-bond acceptors (Lipinski definition) is 3. The van der Waals surface area contributed by atoms with Gasteiger partial charge in [-0.3, -0.25) is 4.79 Å². The van der Waals surface area contributed by atoms with Crippen LogP contribution in [0.2, 0.25) is 0 Å². The molecular weight excluding hydrogens is 386 g/mol. The molecule has 1 aliphatic heterocycles. The SMILES string of the molecule is O=C(c1ccc(/C=C/c2ccc(O)c(O)c2)cc1)N1CCC(Cc2ccccc2)CC1. The van der Waals surface area contributed by atoms with E-state index in [1.54, 1.807) is 6.07 Å². The van der Waals surface area contributed by atoms with Crippen LogP contribution in [-0.2, 0) is 6.42 Å². The molecule has 1 fully saturated rings. The van der Waals surface area contributed by atoms with Gasteiger partial charge in [-0.25, -0.2) is 0 Å². The summed E-state index contributed by atoms with van der Waals surface area (Å²) in [5.41, 5.74) is 3.83. The van der Waals surface area contributed by atoms with Crippen LogP contribution in [0.5, 0.6) is 11.5 Å². The van der Waals surface area contributed by atoms with Crippen molar-refractivity contribution in [3.8, 4) is 11.5 Å². The number of hydrogen-bond donors (Lipinski definition) is 2. The third kappa shape index (κ3) is 5.34. The van der Waals surface area contributed by atoms with E-state index in [0.29, 0.717) is 11.5 Å². The van der Waals surface area contributed by atoms with Crippen LogP contribution in [0.4, 0.5) is 0 Å². The van der Waals surface area contributed by atoms with Crippen LogP contribution >= 0.6 is 0 Å². The number of nitrogens with zero attached hydrogens (tertiary/aromatic N) is 1. The lowest BCUT2D eigenvalue weighted by atomic mass is 9.90. The van der Waals surface area contributed by atoms with Gasteiger partial charge in [0.15, 0.2) is 11.5 Å². The van der Waals surface area contributed by atoms with Gasteiger partial charge in [-0.05, 0) is 66.1 Å². The zero-order valence-electron chi connectivity index (χ0n) is 17.4. The first kappa shape index (κ1) is 20.7. The number of phenolic OH excluding ortho intramolecular Hbond substituents is 2. The van der Waals surface area contributed by atoms with E-state index in [2.05, 4.69) is 24.3 Å². The molecule has 0 unspecified atom stereocenters. The molecule has 0 radical (unpaired) electrons. The molecule has 31 heavy (non-hydrogen) atoms. The van der Waals surface area contributed by atoms with Crippen LogP contribution in [-0.4, -0.2) is 34.1 Å². The van der Waals surface area contributed by atoms with E-state index in [4.69, 9.17) is 0 Å². The fraction of sp³-hybridized carbons (Fsp3) is 0.222. The number of likely N-dealkylation sites (tertiary alicyclic amines) is 1. The van der Waals surface area contributed by atoms with Crippen molar-refractivity contribution in [2.45, 2.75) is 19.3 Å². The summed E-state index contributed by atoms with van der Waals surface area (Å²) in [4.78, 5) is 14.8. The maximum atomic E-state index is 12.9. The molecule has 4 rings (SSSR count). The summed E-state index contributed by atoms with van der Waals surface area (Å²) in [5.74, 6) is 0.454. The number of piperidine rings is 1. The maximum absolute atomic E-state index is 12.9. The van der Waals surface area contributed by atoms with Gasteiger partial charge in [0.1, 0.15) is 0 Å². The van der Waals surface area contributed by atoms with Gasteiger partial charge in [0, 0.05) is 18.7 Å². The highest BCUT2D eigenvalue weighted by Crippen LogP contribution is 2.26. The molecule has 1 amide bonds. The van der Waals surface area contributed by atoms with Crippen molar-refractivity contribution in [3.05, 3.63) is 95.1 Å². The number of benzene rings is 3. The molecule has 4 heteroatoms. The van der Waals surface area contributed by atoms with Crippen molar-refractivity contribution < 1.29 is 15.0 Å². The fourth-order valence-corrected chi connectivity index (χ4v) is 4.04. The fourth-order valence-electron chi connectivity index (χ4n) is 4.04. The average Bonchev–Trinajstić information content (AvgIpc) is 2.81. The molecule has 3 aromatic carbocycles. The monoisotopic (exact) mass is 413 g/mol. The topological polar surface area (TPSA) is 60.8 Å². The van der Waals surface area contributed by atoms with Crippen molar-refractivity contribution in [2.24, 2.45) is 5.92 Å². The van der Waals surface area contributed by atoms with Gasteiger partial charge in [0.05, 0.1) is 0 Å². The van der Waals surface area contributed by atoms with Gasteiger partial charge >= 0.3 is 0 Å². The van der Waals surface area contributed by atoms with Gasteiger partial charge in [0.2, 0.25) is 0 Å². The van der Waals surface area contributed by atoms with E-state index in [1.165, 1.54) is 17.7 Å². The number of aromatic hydroxyl groups is 2. The predicted molar refractivity (Wildman–Crippen MR) is 124 cm³/mol. The second kappa shape index (κ2) is 9.52. The third-order valence-electron chi connectivity index (χ3n) is 5.89. The highest BCUT2D eigenvalue weighted by molar-refractivity contribution is 5.94. The quantitative estimate of drug-likeness (QED) is 0.437. The van der Waals surface area contributed by atoms with Crippen LogP contribution < -0.4 is 0 Å². The first-order chi connectivity index (χ1) is 15.1. The molecule has 1 saturated heterocycles. The van der Waals surface area contributed by atoms with E-state index in [9.17, 15) is 15.0 Å². The number of carbonyl (C=O) groups excluding carboxylic acids is 1. The van der Waals surface area contributed by atoms with Gasteiger partial charge in [-0.1, -0.05) is 60.7 Å². The molecular formula is C27H27NO3. The van der Waals surface area contributed by atoms with Crippen molar-refractivity contribution in [2.75, 3.05) is 13.1 Å². The summed E-state index contributed by atoms with van der Waals surface area (Å²) in [6.45, 7) is 1.62. The van der Waals surface area contributed by atoms with Gasteiger partial charge in [-0.15, -0.1) is 0 Å². The summed E-state index contributed by atoms with van der Waals surface area (Å²) >= 11 is 0. The van der Waals surface area contributed by atoms with Crippen LogP contribution in [0.25, 0.3) is 12.2 Å². The summed E-state index contributed by atoms with van der Waals surface area (Å²) < 4.78 is 0. The number of rotatable bonds is 5. The maximum Gasteiger partial charge on any atom is 0.253 e. The van der Waals surface area contributed by atoms with Crippen molar-refractivity contribution in [1.29, 1.82) is 0 Å². The van der Waals surface area contributed by atoms with Crippen LogP contribution in [0.1, 0.15) is 39.9 Å². The van der Waals surface area contributed by atoms with E-state index in [0.717, 1.165) is 43.5 Å². The highest BCUT2D eigenvalue weighted by atomic mass is 16.3. The molecule has 1 heterocycles. The Hall–Kier alpha value is -3.53. The minimum absolute atomic E-state index is 0.0946. The Bertz CT molecular complexity index is 1050. The van der Waals surface area contributed by atoms with Crippen LogP contribution in [0.15, 0.2) is 72.8 Å². The summed E-state index contributed by atoms with van der Waals surface area (Å²) in [5, 5.41) is 19.0. The van der Waals surface area contributed by atoms with Crippen molar-refractivity contribution in [1.82, 2.24) is 4.90 Å². The largest absolute Gasteiger partial charge is 0.504 e. The normalized spacial score (nSPS) is 14.8. The minimum Gasteiger partial charge on any atom is -0.504 e. The Morgan fingerprint density at radius 2 is 1.48 bits per heavy atom. The molecule has 4 nitrogen and oxygen atoms in total. The third-order valence-corrected chi connectivity index (χ3v) is 5.89. The van der Waals surface area contributed by atoms with Crippen LogP contribution in [0.3, 0.4) is 0 Å². The van der Waals surface area contributed by atoms with Crippen molar-refractivity contribution in [3.63, 3.8) is 0 Å². The lowest BCUT2D eigenvalue weighted by Gasteiger charge is -2.32. The minimum atomic E-state index is -0.143. The second-order valence-electron chi connectivity index (χ2n) is 8.13. The molecule has 158 valence electrons. The average molecular weight is 414 g/mol. The zero-order chi connectivity index (χ0) is 21.6. The van der Waals surface area contributed by atoms with Crippen LogP contribution in [0, 0.1) is 5.92 Å².